The molecule has 1 aliphatic rings. The molecule has 1 fully saturated rings. The number of nitrogens with two attached hydrogens (primary N) is 1. The summed E-state index contributed by atoms with van der Waals surface area (Å²) in [5.74, 6) is -1.42. The van der Waals surface area contributed by atoms with Crippen molar-refractivity contribution in [1.29, 1.82) is 0 Å². The summed E-state index contributed by atoms with van der Waals surface area (Å²) in [6.07, 6.45) is 1.75. The second-order valence-corrected chi connectivity index (χ2v) is 11.9. The Balaban J connectivity index is 1.67. The van der Waals surface area contributed by atoms with Gasteiger partial charge in [0.25, 0.3) is 5.91 Å². The minimum Gasteiger partial charge on any atom is -0.478 e. The molecule has 1 aliphatic heterocycles. The Labute approximate surface area is 218 Å². The number of aromatic nitrogens is 2. The van der Waals surface area contributed by atoms with Gasteiger partial charge in [-0.25, -0.2) is 17.5 Å². The number of hydrogen-bond acceptors (Lipinski definition) is 7. The third kappa shape index (κ3) is 5.65. The standard InChI is InChI=1S/C24H25ClN4O5S2/c1-36(33,34)28-10-9-17(13-28)20-11-21(35-14-16-7-5-15(12-26)6-8-16)29(27-20)23(30)18-3-2-4-19(22(18)25)24(31)32/h2-8,11,17H,9-10,12-14,26H2,1H3,(H,31,32). The van der Waals surface area contributed by atoms with E-state index < -0.39 is 21.9 Å². The molecule has 0 spiro atoms. The molecule has 1 aromatic heterocycles. The van der Waals surface area contributed by atoms with Crippen LogP contribution in [-0.4, -0.2) is 58.8 Å². The van der Waals surface area contributed by atoms with Crippen molar-refractivity contribution in [3.63, 3.8) is 0 Å². The average Bonchev–Trinajstić information content (AvgIpc) is 3.50. The Kier molecular flexibility index (Phi) is 7.86. The summed E-state index contributed by atoms with van der Waals surface area (Å²) >= 11 is 7.67. The lowest BCUT2D eigenvalue weighted by Crippen LogP contribution is -2.27. The molecule has 36 heavy (non-hydrogen) atoms. The van der Waals surface area contributed by atoms with Gasteiger partial charge in [0.2, 0.25) is 10.0 Å². The molecule has 3 aromatic rings. The van der Waals surface area contributed by atoms with Crippen LogP contribution in [0.3, 0.4) is 0 Å². The molecule has 190 valence electrons. The van der Waals surface area contributed by atoms with E-state index in [-0.39, 0.29) is 28.6 Å². The van der Waals surface area contributed by atoms with Gasteiger partial charge in [0.05, 0.1) is 28.1 Å². The van der Waals surface area contributed by atoms with Crippen LogP contribution in [0.1, 0.15) is 49.9 Å². The molecule has 2 aromatic carbocycles. The van der Waals surface area contributed by atoms with Crippen molar-refractivity contribution in [2.24, 2.45) is 5.73 Å². The van der Waals surface area contributed by atoms with Crippen LogP contribution in [0.25, 0.3) is 0 Å². The summed E-state index contributed by atoms with van der Waals surface area (Å²) in [4.78, 5) is 25.0. The second-order valence-electron chi connectivity index (χ2n) is 8.51. The molecule has 2 heterocycles. The lowest BCUT2D eigenvalue weighted by Gasteiger charge is -2.12. The van der Waals surface area contributed by atoms with Gasteiger partial charge in [-0.1, -0.05) is 41.9 Å². The molecular weight excluding hydrogens is 524 g/mol. The van der Waals surface area contributed by atoms with Crippen LogP contribution in [0.2, 0.25) is 5.02 Å². The van der Waals surface area contributed by atoms with Crippen LogP contribution in [0, 0.1) is 0 Å². The average molecular weight is 549 g/mol. The number of thioether (sulfide) groups is 1. The Bertz CT molecular complexity index is 1410. The van der Waals surface area contributed by atoms with Crippen molar-refractivity contribution in [2.45, 2.75) is 29.7 Å². The largest absolute Gasteiger partial charge is 0.478 e. The van der Waals surface area contributed by atoms with Gasteiger partial charge in [0.1, 0.15) is 5.03 Å². The van der Waals surface area contributed by atoms with Gasteiger partial charge >= 0.3 is 5.97 Å². The quantitative estimate of drug-likeness (QED) is 0.409. The van der Waals surface area contributed by atoms with E-state index in [1.807, 2.05) is 24.3 Å². The zero-order chi connectivity index (χ0) is 26.0. The molecule has 0 radical (unpaired) electrons. The van der Waals surface area contributed by atoms with Gasteiger partial charge in [-0.15, -0.1) is 11.8 Å². The van der Waals surface area contributed by atoms with Gasteiger partial charge in [-0.3, -0.25) is 4.79 Å². The fourth-order valence-electron chi connectivity index (χ4n) is 4.01. The van der Waals surface area contributed by atoms with Crippen LogP contribution in [0.4, 0.5) is 0 Å². The van der Waals surface area contributed by atoms with Crippen molar-refractivity contribution < 1.29 is 23.1 Å². The van der Waals surface area contributed by atoms with E-state index in [0.29, 0.717) is 36.0 Å². The topological polar surface area (TPSA) is 136 Å². The fourth-order valence-corrected chi connectivity index (χ4v) is 6.14. The van der Waals surface area contributed by atoms with Gasteiger partial charge in [-0.05, 0) is 35.7 Å². The van der Waals surface area contributed by atoms with Crippen molar-refractivity contribution in [3.8, 4) is 0 Å². The zero-order valence-corrected chi connectivity index (χ0v) is 21.8. The third-order valence-corrected chi connectivity index (χ3v) is 8.77. The molecule has 0 aliphatic carbocycles. The molecule has 0 amide bonds. The molecule has 4 rings (SSSR count). The molecule has 0 bridgehead atoms. The summed E-state index contributed by atoms with van der Waals surface area (Å²) in [5.41, 5.74) is 8.14. The maximum atomic E-state index is 13.5. The number of sulfonamides is 1. The number of hydrogen-bond donors (Lipinski definition) is 2. The normalized spacial score (nSPS) is 16.4. The highest BCUT2D eigenvalue weighted by Crippen LogP contribution is 2.33. The lowest BCUT2D eigenvalue weighted by atomic mass is 10.1. The highest BCUT2D eigenvalue weighted by atomic mass is 35.5. The van der Waals surface area contributed by atoms with E-state index in [0.717, 1.165) is 11.1 Å². The molecule has 3 N–H and O–H groups in total. The van der Waals surface area contributed by atoms with E-state index in [9.17, 15) is 23.1 Å². The minimum absolute atomic E-state index is 0.0181. The number of carboxylic acid groups (broad SMARTS) is 1. The second kappa shape index (κ2) is 10.7. The SMILES string of the molecule is CS(=O)(=O)N1CCC(c2cc(SCc3ccc(CN)cc3)n(C(=O)c3cccc(C(=O)O)c3Cl)n2)C1. The van der Waals surface area contributed by atoms with E-state index in [2.05, 4.69) is 5.10 Å². The van der Waals surface area contributed by atoms with Crippen molar-refractivity contribution in [1.82, 2.24) is 14.1 Å². The third-order valence-electron chi connectivity index (χ3n) is 6.03. The minimum atomic E-state index is -3.33. The highest BCUT2D eigenvalue weighted by molar-refractivity contribution is 7.98. The first kappa shape index (κ1) is 26.4. The van der Waals surface area contributed by atoms with Crippen LogP contribution >= 0.6 is 23.4 Å². The van der Waals surface area contributed by atoms with Crippen LogP contribution in [0.15, 0.2) is 53.6 Å². The Hall–Kier alpha value is -2.70. The maximum Gasteiger partial charge on any atom is 0.337 e. The predicted molar refractivity (Wildman–Crippen MR) is 138 cm³/mol. The Morgan fingerprint density at radius 2 is 1.83 bits per heavy atom. The molecular formula is C24H25ClN4O5S2. The van der Waals surface area contributed by atoms with Crippen molar-refractivity contribution in [2.75, 3.05) is 19.3 Å². The monoisotopic (exact) mass is 548 g/mol. The zero-order valence-electron chi connectivity index (χ0n) is 19.4. The summed E-state index contributed by atoms with van der Waals surface area (Å²) in [7, 11) is -3.33. The van der Waals surface area contributed by atoms with Crippen molar-refractivity contribution >= 4 is 45.3 Å². The van der Waals surface area contributed by atoms with Gasteiger partial charge in [0, 0.05) is 31.3 Å². The van der Waals surface area contributed by atoms with Gasteiger partial charge in [0.15, 0.2) is 0 Å². The molecule has 1 atom stereocenters. The fraction of sp³-hybridized carbons (Fsp3) is 0.292. The van der Waals surface area contributed by atoms with E-state index in [4.69, 9.17) is 17.3 Å². The van der Waals surface area contributed by atoms with E-state index in [1.165, 1.54) is 45.2 Å². The summed E-state index contributed by atoms with van der Waals surface area (Å²) in [5, 5.41) is 14.3. The summed E-state index contributed by atoms with van der Waals surface area (Å²) < 4.78 is 26.6. The number of carboxylic acids is 1. The summed E-state index contributed by atoms with van der Waals surface area (Å²) in [6.45, 7) is 1.11. The molecule has 0 saturated carbocycles. The number of aromatic carboxylic acids is 1. The summed E-state index contributed by atoms with van der Waals surface area (Å²) in [6, 6.07) is 13.9. The molecule has 12 heteroatoms. The van der Waals surface area contributed by atoms with Gasteiger partial charge < -0.3 is 10.8 Å². The number of nitrogens with zero attached hydrogens (tertiary/aromatic N) is 3. The molecule has 1 saturated heterocycles. The first-order valence-electron chi connectivity index (χ1n) is 11.1. The Morgan fingerprint density at radius 3 is 2.44 bits per heavy atom. The molecule has 1 unspecified atom stereocenters. The van der Waals surface area contributed by atoms with Crippen LogP contribution in [-0.2, 0) is 22.3 Å². The number of halogens is 1. The van der Waals surface area contributed by atoms with E-state index >= 15 is 0 Å². The van der Waals surface area contributed by atoms with E-state index in [1.54, 1.807) is 6.07 Å². The molecule has 9 nitrogen and oxygen atoms in total. The lowest BCUT2D eigenvalue weighted by molar-refractivity contribution is 0.0697. The maximum absolute atomic E-state index is 13.5. The number of carbonyl (C=O) groups is 2. The van der Waals surface area contributed by atoms with Crippen LogP contribution < -0.4 is 5.73 Å². The van der Waals surface area contributed by atoms with Gasteiger partial charge in [-0.2, -0.15) is 9.78 Å². The van der Waals surface area contributed by atoms with Crippen LogP contribution in [0.5, 0.6) is 0 Å². The number of benzene rings is 2. The smallest absolute Gasteiger partial charge is 0.337 e. The highest BCUT2D eigenvalue weighted by Gasteiger charge is 2.32. The van der Waals surface area contributed by atoms with Crippen molar-refractivity contribution in [3.05, 3.63) is 81.5 Å². The predicted octanol–water partition coefficient (Wildman–Crippen LogP) is 3.42. The number of carbonyl (C=O) groups excluding carboxylic acids is 1. The first-order chi connectivity index (χ1) is 17.1. The Morgan fingerprint density at radius 1 is 1.17 bits per heavy atom. The number of rotatable bonds is 8. The first-order valence-corrected chi connectivity index (χ1v) is 14.3.